The molecule has 0 spiro atoms. The van der Waals surface area contributed by atoms with Crippen LogP contribution in [0.3, 0.4) is 0 Å². The van der Waals surface area contributed by atoms with E-state index in [1.165, 1.54) is 0 Å². The summed E-state index contributed by atoms with van der Waals surface area (Å²) < 4.78 is 137. The fraction of sp³-hybridized carbons (Fsp3) is 0. The van der Waals surface area contributed by atoms with Gasteiger partial charge in [-0.15, -0.1) is 0 Å². The third-order valence-electron chi connectivity index (χ3n) is 0. The predicted octanol–water partition coefficient (Wildman–Crippen LogP) is -6.19. The second kappa shape index (κ2) is 12.7. The minimum absolute atomic E-state index is 0. The van der Waals surface area contributed by atoms with E-state index in [0.29, 0.717) is 0 Å². The average Bonchev–Trinajstić information content (AvgIpc) is 1.62. The molecule has 0 atom stereocenters. The maximum atomic E-state index is 8.58. The van der Waals surface area contributed by atoms with Crippen LogP contribution in [0.1, 0.15) is 0 Å². The van der Waals surface area contributed by atoms with Gasteiger partial charge in [0.2, 0.25) is 0 Å². The van der Waals surface area contributed by atoms with Crippen LogP contribution in [0.2, 0.25) is 0 Å². The molecule has 0 aliphatic carbocycles. The molecule has 16 nitrogen and oxygen atoms in total. The van der Waals surface area contributed by atoms with Gasteiger partial charge in [0, 0.05) is 0 Å². The molecule has 0 aromatic heterocycles. The van der Waals surface area contributed by atoms with E-state index in [1.54, 1.807) is 0 Å². The Morgan fingerprint density at radius 1 is 0.333 bits per heavy atom. The molecule has 0 saturated heterocycles. The van der Waals surface area contributed by atoms with Crippen LogP contribution < -0.4 is 16.8 Å². The Hall–Kier alpha value is 0.232. The quantitative estimate of drug-likeness (QED) is 0.266. The summed E-state index contributed by atoms with van der Waals surface area (Å²) in [6, 6.07) is 0. The van der Waals surface area contributed by atoms with Gasteiger partial charge in [-0.2, -0.15) is 0 Å². The molecule has 0 amide bonds. The van der Waals surface area contributed by atoms with Crippen molar-refractivity contribution in [2.45, 2.75) is 0 Å². The van der Waals surface area contributed by atoms with Crippen molar-refractivity contribution in [2.24, 2.45) is 0 Å². The maximum Gasteiger partial charge on any atom is 4.00 e. The van der Waals surface area contributed by atoms with Crippen molar-refractivity contribution in [3.63, 3.8) is 0 Å². The number of hydrogen-bond donors (Lipinski definition) is 0. The minimum atomic E-state index is -5.62. The van der Waals surface area contributed by atoms with Gasteiger partial charge in [-0.1, -0.05) is 0 Å². The van der Waals surface area contributed by atoms with Crippen LogP contribution in [0, 0.1) is 0 Å². The number of rotatable bonds is 0. The molecule has 0 N–H and O–H groups in total. The Morgan fingerprint density at radius 2 is 0.333 bits per heavy atom. The fourth-order valence-corrected chi connectivity index (χ4v) is 0. The summed E-state index contributed by atoms with van der Waals surface area (Å²) in [6.45, 7) is 0. The first-order valence-corrected chi connectivity index (χ1v) is 10.2. The Bertz CT molecular complexity index is 673. The Labute approximate surface area is 135 Å². The Morgan fingerprint density at radius 3 is 0.333 bits per heavy atom. The molecule has 0 bridgehead atoms. The summed E-state index contributed by atoms with van der Waals surface area (Å²) >= 11 is -22.5. The standard InChI is InChI=1S/4Mn.16O.Ti/q;;;;;;;;;;;;;;;;4*-1;+4. The van der Waals surface area contributed by atoms with Gasteiger partial charge in [0.25, 0.3) is 0 Å². The third kappa shape index (κ3) is 125000. The molecular formula is Mn4O16Ti. The molecule has 128 valence electrons. The molecule has 0 fully saturated rings. The van der Waals surface area contributed by atoms with E-state index in [-0.39, 0.29) is 21.7 Å². The van der Waals surface area contributed by atoms with E-state index < -0.39 is 51.9 Å². The normalized spacial score (nSPS) is 10.9. The van der Waals surface area contributed by atoms with Crippen molar-refractivity contribution in [3.8, 4) is 0 Å². The second-order valence-electron chi connectivity index (χ2n) is 1.51. The molecule has 0 unspecified atom stereocenters. The SMILES string of the molecule is [O]=[Mn](=[O])(=[O])[O-].[O]=[Mn](=[O])(=[O])[O-].[O]=[Mn](=[O])(=[O])[O-].[O]=[Mn](=[O])(=[O])[O-].[Ti+4]. The van der Waals surface area contributed by atoms with E-state index in [9.17, 15) is 0 Å². The van der Waals surface area contributed by atoms with Crippen LogP contribution in [0.15, 0.2) is 0 Å². The second-order valence-corrected chi connectivity index (χ2v) is 6.23. The fourth-order valence-electron chi connectivity index (χ4n) is 0. The van der Waals surface area contributed by atoms with Crippen molar-refractivity contribution in [3.05, 3.63) is 0 Å². The molecule has 21 heavy (non-hydrogen) atoms. The molecule has 21 heteroatoms. The largest absolute Gasteiger partial charge is 4.00 e. The average molecular weight is 524 g/mol. The Kier molecular flexibility index (Phi) is 20.0. The van der Waals surface area contributed by atoms with E-state index in [4.69, 9.17) is 62.8 Å². The van der Waals surface area contributed by atoms with Gasteiger partial charge in [-0.05, 0) is 0 Å². The maximum absolute atomic E-state index is 8.58. The van der Waals surface area contributed by atoms with Gasteiger partial charge in [-0.3, -0.25) is 0 Å². The molecule has 0 aromatic rings. The molecule has 0 radical (unpaired) electrons. The zero-order chi connectivity index (χ0) is 18.0. The first-order chi connectivity index (χ1) is 8.00. The molecule has 0 aliphatic heterocycles. The molecule has 0 aromatic carbocycles. The van der Waals surface area contributed by atoms with Crippen molar-refractivity contribution in [1.29, 1.82) is 0 Å². The Balaban J connectivity index is -0.0000000533. The van der Waals surface area contributed by atoms with Gasteiger partial charge < -0.3 is 0 Å². The van der Waals surface area contributed by atoms with E-state index in [2.05, 4.69) is 0 Å². The van der Waals surface area contributed by atoms with Gasteiger partial charge in [0.15, 0.2) is 0 Å². The minimum Gasteiger partial charge on any atom is 4.00 e. The van der Waals surface area contributed by atoms with Crippen LogP contribution in [0.5, 0.6) is 0 Å². The van der Waals surface area contributed by atoms with Crippen molar-refractivity contribution in [1.82, 2.24) is 0 Å². The van der Waals surface area contributed by atoms with Crippen LogP contribution in [-0.4, -0.2) is 0 Å². The summed E-state index contributed by atoms with van der Waals surface area (Å²) in [6.07, 6.45) is 0. The molecule has 0 heterocycles. The summed E-state index contributed by atoms with van der Waals surface area (Å²) in [5.74, 6) is 0. The monoisotopic (exact) mass is 524 g/mol. The van der Waals surface area contributed by atoms with Crippen LogP contribution >= 0.6 is 0 Å². The first kappa shape index (κ1) is 33.0. The smallest absolute Gasteiger partial charge is 4.00 e. The van der Waals surface area contributed by atoms with Gasteiger partial charge in [0.05, 0.1) is 0 Å². The molecule has 0 saturated carbocycles. The van der Waals surface area contributed by atoms with Crippen molar-refractivity contribution >= 4 is 0 Å². The van der Waals surface area contributed by atoms with Gasteiger partial charge >= 0.3 is 136 Å². The van der Waals surface area contributed by atoms with Gasteiger partial charge in [0.1, 0.15) is 0 Å². The topological polar surface area (TPSA) is 297 Å². The molecule has 0 aliphatic rings. The summed E-state index contributed by atoms with van der Waals surface area (Å²) in [4.78, 5) is 0. The van der Waals surface area contributed by atoms with Crippen LogP contribution in [0.25, 0.3) is 0 Å². The van der Waals surface area contributed by atoms with Gasteiger partial charge in [-0.25, -0.2) is 0 Å². The van der Waals surface area contributed by atoms with Crippen molar-refractivity contribution in [2.75, 3.05) is 0 Å². The zero-order valence-electron chi connectivity index (χ0n) is 8.54. The third-order valence-corrected chi connectivity index (χ3v) is 0. The molecular weight excluding hydrogens is 524 g/mol. The predicted molar refractivity (Wildman–Crippen MR) is 8.24 cm³/mol. The molecule has 0 rings (SSSR count). The van der Waals surface area contributed by atoms with Crippen molar-refractivity contribution < 1.29 is 136 Å². The summed E-state index contributed by atoms with van der Waals surface area (Å²) in [5, 5.41) is 0. The van der Waals surface area contributed by atoms with Crippen LogP contribution in [-0.2, 0) is 120 Å². The summed E-state index contributed by atoms with van der Waals surface area (Å²) in [5.41, 5.74) is 0. The first-order valence-electron chi connectivity index (χ1n) is 2.47. The summed E-state index contributed by atoms with van der Waals surface area (Å²) in [7, 11) is 0. The van der Waals surface area contributed by atoms with E-state index in [0.717, 1.165) is 0 Å². The van der Waals surface area contributed by atoms with E-state index in [1.807, 2.05) is 0 Å². The number of hydrogen-bond acceptors (Lipinski definition) is 16. The zero-order valence-corrected chi connectivity index (χ0v) is 14.8. The van der Waals surface area contributed by atoms with Crippen LogP contribution in [0.4, 0.5) is 0 Å². The van der Waals surface area contributed by atoms with E-state index >= 15 is 0 Å².